The summed E-state index contributed by atoms with van der Waals surface area (Å²) in [7, 11) is 5.76. The van der Waals surface area contributed by atoms with Gasteiger partial charge in [0.25, 0.3) is 0 Å². The van der Waals surface area contributed by atoms with Crippen LogP contribution in [0.1, 0.15) is 11.1 Å². The molecule has 106 valence electrons. The Hall–Kier alpha value is -2.07. The third-order valence-corrected chi connectivity index (χ3v) is 3.10. The fraction of sp³-hybridized carbons (Fsp3) is 0.312. The van der Waals surface area contributed by atoms with Crippen molar-refractivity contribution in [3.63, 3.8) is 0 Å². The van der Waals surface area contributed by atoms with Crippen LogP contribution in [-0.4, -0.2) is 26.2 Å². The number of aromatic nitrogens is 1. The molecule has 2 rings (SSSR count). The molecule has 0 unspecified atom stereocenters. The number of hydrogen-bond acceptors (Lipinski definition) is 4. The molecule has 1 aromatic heterocycles. The van der Waals surface area contributed by atoms with Crippen molar-refractivity contribution in [1.82, 2.24) is 4.98 Å². The van der Waals surface area contributed by atoms with Gasteiger partial charge in [0.15, 0.2) is 0 Å². The molecule has 2 aromatic rings. The predicted octanol–water partition coefficient (Wildman–Crippen LogP) is 2.91. The molecule has 0 bridgehead atoms. The number of nitrogens with zero attached hydrogens (tertiary/aromatic N) is 2. The topological polar surface area (TPSA) is 37.4 Å². The van der Waals surface area contributed by atoms with Crippen LogP contribution in [0.25, 0.3) is 0 Å². The van der Waals surface area contributed by atoms with Crippen molar-refractivity contribution < 1.29 is 4.74 Å². The van der Waals surface area contributed by atoms with E-state index >= 15 is 0 Å². The van der Waals surface area contributed by atoms with E-state index < -0.39 is 0 Å². The maximum absolute atomic E-state index is 5.11. The Morgan fingerprint density at radius 1 is 1.10 bits per heavy atom. The van der Waals surface area contributed by atoms with E-state index in [9.17, 15) is 0 Å². The number of pyridine rings is 1. The van der Waals surface area contributed by atoms with Gasteiger partial charge < -0.3 is 15.0 Å². The van der Waals surface area contributed by atoms with Crippen LogP contribution in [0.2, 0.25) is 0 Å². The molecule has 0 aliphatic rings. The number of methoxy groups -OCH3 is 1. The Labute approximate surface area is 120 Å². The molecule has 4 nitrogen and oxygen atoms in total. The Morgan fingerprint density at radius 3 is 2.45 bits per heavy atom. The number of anilines is 2. The van der Waals surface area contributed by atoms with Gasteiger partial charge in [-0.1, -0.05) is 24.3 Å². The lowest BCUT2D eigenvalue weighted by molar-refractivity contribution is 0.185. The van der Waals surface area contributed by atoms with Gasteiger partial charge in [0.2, 0.25) is 0 Å². The zero-order valence-electron chi connectivity index (χ0n) is 12.3. The Bertz CT molecular complexity index is 538. The smallest absolute Gasteiger partial charge is 0.0766 e. The van der Waals surface area contributed by atoms with Crippen LogP contribution in [-0.2, 0) is 17.9 Å². The average Bonchev–Trinajstić information content (AvgIpc) is 2.47. The minimum atomic E-state index is 0.654. The highest BCUT2D eigenvalue weighted by atomic mass is 16.5. The molecule has 0 fully saturated rings. The first kappa shape index (κ1) is 14.3. The SMILES string of the molecule is COCc1ccc(CNc2cnccc2N(C)C)cc1. The molecule has 0 aliphatic carbocycles. The van der Waals surface area contributed by atoms with Gasteiger partial charge in [-0.25, -0.2) is 0 Å². The van der Waals surface area contributed by atoms with Gasteiger partial charge >= 0.3 is 0 Å². The lowest BCUT2D eigenvalue weighted by Crippen LogP contribution is -2.12. The molecule has 0 aliphatic heterocycles. The third-order valence-electron chi connectivity index (χ3n) is 3.10. The van der Waals surface area contributed by atoms with Gasteiger partial charge in [0, 0.05) is 33.9 Å². The second kappa shape index (κ2) is 6.91. The summed E-state index contributed by atoms with van der Waals surface area (Å²) in [5.74, 6) is 0. The minimum Gasteiger partial charge on any atom is -0.380 e. The second-order valence-electron chi connectivity index (χ2n) is 4.89. The number of hydrogen-bond donors (Lipinski definition) is 1. The fourth-order valence-corrected chi connectivity index (χ4v) is 2.03. The molecule has 0 saturated carbocycles. The summed E-state index contributed by atoms with van der Waals surface area (Å²) in [4.78, 5) is 6.25. The average molecular weight is 271 g/mol. The summed E-state index contributed by atoms with van der Waals surface area (Å²) in [6.45, 7) is 1.43. The van der Waals surface area contributed by atoms with Crippen LogP contribution < -0.4 is 10.2 Å². The number of nitrogens with one attached hydrogen (secondary N) is 1. The van der Waals surface area contributed by atoms with Crippen molar-refractivity contribution in [2.75, 3.05) is 31.4 Å². The Balaban J connectivity index is 2.01. The van der Waals surface area contributed by atoms with Crippen LogP contribution in [0.4, 0.5) is 11.4 Å². The van der Waals surface area contributed by atoms with E-state index in [2.05, 4.69) is 39.5 Å². The van der Waals surface area contributed by atoms with Crippen molar-refractivity contribution in [2.45, 2.75) is 13.2 Å². The lowest BCUT2D eigenvalue weighted by Gasteiger charge is -2.17. The van der Waals surface area contributed by atoms with E-state index in [1.54, 1.807) is 13.3 Å². The Kier molecular flexibility index (Phi) is 4.96. The first-order valence-corrected chi connectivity index (χ1v) is 6.62. The molecule has 1 N–H and O–H groups in total. The van der Waals surface area contributed by atoms with E-state index in [0.29, 0.717) is 6.61 Å². The largest absolute Gasteiger partial charge is 0.380 e. The molecular formula is C16H21N3O. The molecular weight excluding hydrogens is 250 g/mol. The summed E-state index contributed by atoms with van der Waals surface area (Å²) in [5, 5.41) is 3.43. The zero-order valence-corrected chi connectivity index (χ0v) is 12.3. The minimum absolute atomic E-state index is 0.654. The predicted molar refractivity (Wildman–Crippen MR) is 83.0 cm³/mol. The molecule has 4 heteroatoms. The normalized spacial score (nSPS) is 10.3. The molecule has 0 amide bonds. The summed E-state index contributed by atoms with van der Waals surface area (Å²) in [6.07, 6.45) is 3.66. The monoisotopic (exact) mass is 271 g/mol. The molecule has 0 spiro atoms. The van der Waals surface area contributed by atoms with Gasteiger partial charge in [-0.05, 0) is 17.2 Å². The highest BCUT2D eigenvalue weighted by Gasteiger charge is 2.03. The quantitative estimate of drug-likeness (QED) is 0.876. The molecule has 0 saturated heterocycles. The first-order valence-electron chi connectivity index (χ1n) is 6.62. The first-order chi connectivity index (χ1) is 9.70. The maximum atomic E-state index is 5.11. The second-order valence-corrected chi connectivity index (χ2v) is 4.89. The van der Waals surface area contributed by atoms with Gasteiger partial charge in [0.1, 0.15) is 0 Å². The van der Waals surface area contributed by atoms with Crippen molar-refractivity contribution >= 4 is 11.4 Å². The number of ether oxygens (including phenoxy) is 1. The van der Waals surface area contributed by atoms with Gasteiger partial charge in [-0.2, -0.15) is 0 Å². The van der Waals surface area contributed by atoms with E-state index in [1.165, 1.54) is 11.1 Å². The van der Waals surface area contributed by atoms with Crippen LogP contribution in [0.3, 0.4) is 0 Å². The molecule has 0 radical (unpaired) electrons. The van der Waals surface area contributed by atoms with E-state index in [1.807, 2.05) is 26.4 Å². The summed E-state index contributed by atoms with van der Waals surface area (Å²) < 4.78 is 5.11. The maximum Gasteiger partial charge on any atom is 0.0766 e. The third kappa shape index (κ3) is 3.71. The van der Waals surface area contributed by atoms with Crippen molar-refractivity contribution in [3.8, 4) is 0 Å². The van der Waals surface area contributed by atoms with Gasteiger partial charge in [-0.15, -0.1) is 0 Å². The van der Waals surface area contributed by atoms with Crippen molar-refractivity contribution in [2.24, 2.45) is 0 Å². The van der Waals surface area contributed by atoms with Crippen LogP contribution in [0, 0.1) is 0 Å². The number of rotatable bonds is 6. The number of benzene rings is 1. The molecule has 0 atom stereocenters. The Morgan fingerprint density at radius 2 is 1.80 bits per heavy atom. The molecule has 1 aromatic carbocycles. The van der Waals surface area contributed by atoms with Crippen LogP contribution >= 0.6 is 0 Å². The molecule has 1 heterocycles. The van der Waals surface area contributed by atoms with Gasteiger partial charge in [0.05, 0.1) is 24.2 Å². The van der Waals surface area contributed by atoms with Gasteiger partial charge in [-0.3, -0.25) is 4.98 Å². The summed E-state index contributed by atoms with van der Waals surface area (Å²) >= 11 is 0. The van der Waals surface area contributed by atoms with E-state index in [-0.39, 0.29) is 0 Å². The van der Waals surface area contributed by atoms with E-state index in [4.69, 9.17) is 4.74 Å². The lowest BCUT2D eigenvalue weighted by atomic mass is 10.1. The summed E-state index contributed by atoms with van der Waals surface area (Å²) in [6, 6.07) is 10.4. The van der Waals surface area contributed by atoms with Crippen LogP contribution in [0.15, 0.2) is 42.7 Å². The summed E-state index contributed by atoms with van der Waals surface area (Å²) in [5.41, 5.74) is 4.60. The van der Waals surface area contributed by atoms with Crippen molar-refractivity contribution in [1.29, 1.82) is 0 Å². The van der Waals surface area contributed by atoms with Crippen LogP contribution in [0.5, 0.6) is 0 Å². The van der Waals surface area contributed by atoms with E-state index in [0.717, 1.165) is 17.9 Å². The highest BCUT2D eigenvalue weighted by Crippen LogP contribution is 2.22. The highest BCUT2D eigenvalue weighted by molar-refractivity contribution is 5.68. The zero-order chi connectivity index (χ0) is 14.4. The van der Waals surface area contributed by atoms with Crippen molar-refractivity contribution in [3.05, 3.63) is 53.9 Å². The fourth-order valence-electron chi connectivity index (χ4n) is 2.03. The molecule has 20 heavy (non-hydrogen) atoms. The standard InChI is InChI=1S/C16H21N3O/c1-19(2)16-8-9-17-11-15(16)18-10-13-4-6-14(7-5-13)12-20-3/h4-9,11,18H,10,12H2,1-3H3.